The number of sulfonamides is 1. The summed E-state index contributed by atoms with van der Waals surface area (Å²) in [5, 5.41) is 8.08. The van der Waals surface area contributed by atoms with Gasteiger partial charge in [-0.1, -0.05) is 61.2 Å². The molecular weight excluding hydrogens is 641 g/mol. The van der Waals surface area contributed by atoms with Crippen molar-refractivity contribution < 1.29 is 27.5 Å². The number of hydrogen-bond donors (Lipinski definition) is 0. The zero-order valence-corrected chi connectivity index (χ0v) is 29.4. The minimum Gasteiger partial charge on any atom is -0.445 e. The van der Waals surface area contributed by atoms with E-state index in [1.165, 1.54) is 10.5 Å². The van der Waals surface area contributed by atoms with Gasteiger partial charge in [-0.05, 0) is 93.3 Å². The van der Waals surface area contributed by atoms with Gasteiger partial charge in [-0.2, -0.15) is 9.57 Å². The largest absolute Gasteiger partial charge is 0.445 e. The number of hydrogen-bond acceptors (Lipinski definition) is 8. The molecule has 11 heteroatoms. The van der Waals surface area contributed by atoms with Crippen molar-refractivity contribution in [2.45, 2.75) is 70.3 Å². The van der Waals surface area contributed by atoms with Crippen LogP contribution in [0, 0.1) is 18.3 Å². The van der Waals surface area contributed by atoms with E-state index in [0.29, 0.717) is 22.6 Å². The van der Waals surface area contributed by atoms with Gasteiger partial charge in [0.05, 0.1) is 17.3 Å². The lowest BCUT2D eigenvalue weighted by Crippen LogP contribution is -2.46. The smallest absolute Gasteiger partial charge is 0.428 e. The van der Waals surface area contributed by atoms with Crippen LogP contribution in [0.15, 0.2) is 79.4 Å². The molecule has 1 atom stereocenters. The van der Waals surface area contributed by atoms with E-state index in [1.807, 2.05) is 60.7 Å². The first-order valence-corrected chi connectivity index (χ1v) is 18.0. The molecule has 5 rings (SSSR count). The molecule has 0 aromatic heterocycles. The van der Waals surface area contributed by atoms with E-state index in [2.05, 4.69) is 17.5 Å². The summed E-state index contributed by atoms with van der Waals surface area (Å²) in [5.74, 6) is 0.361. The average Bonchev–Trinajstić information content (AvgIpc) is 3.59. The third-order valence-electron chi connectivity index (χ3n) is 8.99. The molecular formula is C38H44N4O6S. The fourth-order valence-corrected chi connectivity index (χ4v) is 8.03. The van der Waals surface area contributed by atoms with Gasteiger partial charge in [0.25, 0.3) is 0 Å². The number of ether oxygens (including phenoxy) is 2. The van der Waals surface area contributed by atoms with Crippen LogP contribution >= 0.6 is 0 Å². The van der Waals surface area contributed by atoms with Gasteiger partial charge in [-0.3, -0.25) is 0 Å². The summed E-state index contributed by atoms with van der Waals surface area (Å²) in [4.78, 5) is 30.2. The molecule has 2 aliphatic rings. The van der Waals surface area contributed by atoms with Gasteiger partial charge in [0.2, 0.25) is 10.0 Å². The summed E-state index contributed by atoms with van der Waals surface area (Å²) >= 11 is 0. The third kappa shape index (κ3) is 8.43. The molecule has 2 saturated heterocycles. The van der Waals surface area contributed by atoms with Crippen LogP contribution in [0.5, 0.6) is 0 Å². The third-order valence-corrected chi connectivity index (χ3v) is 11.1. The summed E-state index contributed by atoms with van der Waals surface area (Å²) in [6.45, 7) is 12.8. The second kappa shape index (κ2) is 14.7. The highest BCUT2D eigenvalue weighted by molar-refractivity contribution is 7.94. The molecule has 0 N–H and O–H groups in total. The molecule has 2 heterocycles. The maximum Gasteiger partial charge on any atom is 0.428 e. The summed E-state index contributed by atoms with van der Waals surface area (Å²) in [7, 11) is -4.35. The van der Waals surface area contributed by atoms with Crippen LogP contribution in [0.3, 0.4) is 0 Å². The van der Waals surface area contributed by atoms with Crippen LogP contribution in [0.4, 0.5) is 15.3 Å². The van der Waals surface area contributed by atoms with E-state index in [9.17, 15) is 18.0 Å². The Kier molecular flexibility index (Phi) is 10.7. The molecule has 0 saturated carbocycles. The predicted molar refractivity (Wildman–Crippen MR) is 189 cm³/mol. The zero-order valence-electron chi connectivity index (χ0n) is 28.6. The summed E-state index contributed by atoms with van der Waals surface area (Å²) in [6.07, 6.45) is 0.318. The van der Waals surface area contributed by atoms with Gasteiger partial charge >= 0.3 is 12.2 Å². The molecule has 49 heavy (non-hydrogen) atoms. The van der Waals surface area contributed by atoms with Crippen LogP contribution in [-0.2, 0) is 26.1 Å². The highest BCUT2D eigenvalue weighted by Gasteiger charge is 2.44. The van der Waals surface area contributed by atoms with E-state index < -0.39 is 33.1 Å². The number of anilines is 1. The number of carbonyl (C=O) groups excluding carboxylic acids is 2. The van der Waals surface area contributed by atoms with Gasteiger partial charge < -0.3 is 19.3 Å². The minimum absolute atomic E-state index is 0.0700. The normalized spacial score (nSPS) is 16.9. The van der Waals surface area contributed by atoms with Gasteiger partial charge in [0, 0.05) is 31.9 Å². The molecule has 2 amide bonds. The van der Waals surface area contributed by atoms with Gasteiger partial charge in [-0.25, -0.2) is 18.0 Å². The van der Waals surface area contributed by atoms with Crippen molar-refractivity contribution in [3.63, 3.8) is 0 Å². The number of rotatable bonds is 8. The lowest BCUT2D eigenvalue weighted by Gasteiger charge is -2.35. The highest BCUT2D eigenvalue weighted by Crippen LogP contribution is 2.35. The Bertz CT molecular complexity index is 1820. The van der Waals surface area contributed by atoms with Crippen LogP contribution in [0.25, 0.3) is 5.70 Å². The Balaban J connectivity index is 1.34. The summed E-state index contributed by atoms with van der Waals surface area (Å²) in [5.41, 5.74) is 3.89. The zero-order chi connectivity index (χ0) is 35.3. The topological polar surface area (TPSA) is 120 Å². The molecule has 0 spiro atoms. The van der Waals surface area contributed by atoms with E-state index in [0.717, 1.165) is 41.5 Å². The molecule has 10 nitrogen and oxygen atoms in total. The number of nitriles is 1. The standard InChI is InChI=1S/C38H44N4O6S/c1-27-11-14-33(28(2)40-20-17-32(18-21-40)31-15-12-29(24-39)13-16-31)23-35(27)42(37(44)48-38(3,4)5)49(45,46)34-19-22-41(25-34)36(43)47-26-30-9-7-6-8-10-30/h6-16,23,32,34H,2,17-22,25-26H2,1,3-5H3. The molecule has 0 aliphatic carbocycles. The van der Waals surface area contributed by atoms with E-state index in [4.69, 9.17) is 14.7 Å². The lowest BCUT2D eigenvalue weighted by atomic mass is 9.88. The summed E-state index contributed by atoms with van der Waals surface area (Å²) in [6, 6.07) is 24.5. The molecule has 0 radical (unpaired) electrons. The second-order valence-corrected chi connectivity index (χ2v) is 15.7. The summed E-state index contributed by atoms with van der Waals surface area (Å²) < 4.78 is 40.6. The quantitative estimate of drug-likeness (QED) is 0.244. The maximum absolute atomic E-state index is 14.4. The molecule has 0 bridgehead atoms. The lowest BCUT2D eigenvalue weighted by molar-refractivity contribution is 0.0608. The second-order valence-electron chi connectivity index (χ2n) is 13.6. The number of amides is 2. The first kappa shape index (κ1) is 35.5. The van der Waals surface area contributed by atoms with E-state index in [-0.39, 0.29) is 31.8 Å². The van der Waals surface area contributed by atoms with Crippen LogP contribution < -0.4 is 4.31 Å². The Labute approximate surface area is 289 Å². The Morgan fingerprint density at radius 1 is 0.959 bits per heavy atom. The van der Waals surface area contributed by atoms with Crippen LogP contribution in [0.1, 0.15) is 73.8 Å². The minimum atomic E-state index is -4.35. The molecule has 3 aromatic rings. The van der Waals surface area contributed by atoms with Gasteiger partial charge in [-0.15, -0.1) is 0 Å². The number of aryl methyl sites for hydroxylation is 1. The van der Waals surface area contributed by atoms with Crippen molar-refractivity contribution in [3.05, 3.63) is 107 Å². The number of nitrogens with zero attached hydrogens (tertiary/aromatic N) is 4. The number of piperidine rings is 1. The van der Waals surface area contributed by atoms with Crippen molar-refractivity contribution in [3.8, 4) is 6.07 Å². The van der Waals surface area contributed by atoms with Crippen molar-refractivity contribution in [2.75, 3.05) is 30.5 Å². The highest BCUT2D eigenvalue weighted by atomic mass is 32.2. The van der Waals surface area contributed by atoms with Crippen molar-refractivity contribution in [1.82, 2.24) is 9.80 Å². The van der Waals surface area contributed by atoms with Crippen LogP contribution in [0.2, 0.25) is 0 Å². The molecule has 2 fully saturated rings. The number of likely N-dealkylation sites (tertiary alicyclic amines) is 2. The maximum atomic E-state index is 14.4. The van der Waals surface area contributed by atoms with Gasteiger partial charge in [0.15, 0.2) is 0 Å². The van der Waals surface area contributed by atoms with E-state index >= 15 is 0 Å². The predicted octanol–water partition coefficient (Wildman–Crippen LogP) is 7.20. The average molecular weight is 685 g/mol. The molecule has 258 valence electrons. The SMILES string of the molecule is C=C(c1ccc(C)c(N(C(=O)OC(C)(C)C)S(=O)(=O)C2CCN(C(=O)OCc3ccccc3)C2)c1)N1CCC(c2ccc(C#N)cc2)CC1. The van der Waals surface area contributed by atoms with Gasteiger partial charge in [0.1, 0.15) is 17.5 Å². The monoisotopic (exact) mass is 684 g/mol. The number of carbonyl (C=O) groups is 2. The molecule has 1 unspecified atom stereocenters. The van der Waals surface area contributed by atoms with Crippen molar-refractivity contribution >= 4 is 33.6 Å². The Morgan fingerprint density at radius 3 is 2.24 bits per heavy atom. The first-order valence-electron chi connectivity index (χ1n) is 16.5. The fraction of sp³-hybridized carbons (Fsp3) is 0.395. The Hall–Kier alpha value is -4.82. The van der Waals surface area contributed by atoms with Crippen LogP contribution in [-0.4, -0.2) is 67.4 Å². The Morgan fingerprint density at radius 2 is 1.61 bits per heavy atom. The van der Waals surface area contributed by atoms with Crippen molar-refractivity contribution in [2.24, 2.45) is 0 Å². The van der Waals surface area contributed by atoms with Crippen molar-refractivity contribution in [1.29, 1.82) is 5.26 Å². The van der Waals surface area contributed by atoms with E-state index in [1.54, 1.807) is 39.8 Å². The fourth-order valence-electron chi connectivity index (χ4n) is 6.24. The first-order chi connectivity index (χ1) is 23.3. The number of benzene rings is 3. The molecule has 2 aliphatic heterocycles. The molecule has 3 aromatic carbocycles.